The van der Waals surface area contributed by atoms with Crippen molar-refractivity contribution in [2.45, 2.75) is 45.8 Å². The maximum Gasteiger partial charge on any atom is 0.412 e. The molecule has 2 aromatic rings. The Balaban J connectivity index is 2.07. The number of aliphatic hydroxyl groups is 1. The van der Waals surface area contributed by atoms with Crippen LogP contribution in [-0.2, 0) is 11.2 Å². The summed E-state index contributed by atoms with van der Waals surface area (Å²) in [6, 6.07) is 12.6. The van der Waals surface area contributed by atoms with Crippen LogP contribution in [0.15, 0.2) is 42.5 Å². The van der Waals surface area contributed by atoms with Gasteiger partial charge in [0.1, 0.15) is 11.7 Å². The van der Waals surface area contributed by atoms with Crippen LogP contribution in [0.3, 0.4) is 0 Å². The van der Waals surface area contributed by atoms with Crippen LogP contribution in [0, 0.1) is 0 Å². The quantitative estimate of drug-likeness (QED) is 0.887. The number of aromatic nitrogens is 1. The highest BCUT2D eigenvalue weighted by Crippen LogP contribution is 2.22. The lowest BCUT2D eigenvalue weighted by Crippen LogP contribution is -2.27. The molecule has 0 aliphatic carbocycles. The van der Waals surface area contributed by atoms with Gasteiger partial charge in [0.25, 0.3) is 0 Å². The van der Waals surface area contributed by atoms with E-state index in [9.17, 15) is 9.90 Å². The summed E-state index contributed by atoms with van der Waals surface area (Å²) in [4.78, 5) is 16.2. The smallest absolute Gasteiger partial charge is 0.412 e. The largest absolute Gasteiger partial charge is 0.444 e. The summed E-state index contributed by atoms with van der Waals surface area (Å²) < 4.78 is 5.20. The highest BCUT2D eigenvalue weighted by molar-refractivity contribution is 5.84. The summed E-state index contributed by atoms with van der Waals surface area (Å²) in [6.45, 7) is 7.45. The van der Waals surface area contributed by atoms with Crippen LogP contribution < -0.4 is 5.32 Å². The molecule has 1 atom stereocenters. The number of hydrogen-bond donors (Lipinski definition) is 2. The van der Waals surface area contributed by atoms with E-state index in [0.29, 0.717) is 16.9 Å². The first-order valence-electron chi connectivity index (χ1n) is 8.02. The average molecular weight is 328 g/mol. The summed E-state index contributed by atoms with van der Waals surface area (Å²) in [7, 11) is 0. The van der Waals surface area contributed by atoms with Crippen molar-refractivity contribution in [1.29, 1.82) is 0 Å². The van der Waals surface area contributed by atoms with Gasteiger partial charge in [-0.2, -0.15) is 0 Å². The van der Waals surface area contributed by atoms with Gasteiger partial charge in [-0.3, -0.25) is 10.3 Å². The second-order valence-corrected chi connectivity index (χ2v) is 6.56. The number of benzene rings is 1. The third kappa shape index (κ3) is 5.06. The number of ether oxygens (including phenoxy) is 1. The van der Waals surface area contributed by atoms with E-state index in [1.54, 1.807) is 30.3 Å². The van der Waals surface area contributed by atoms with E-state index < -0.39 is 17.8 Å². The van der Waals surface area contributed by atoms with Gasteiger partial charge in [-0.25, -0.2) is 4.79 Å². The second kappa shape index (κ2) is 7.45. The van der Waals surface area contributed by atoms with Crippen molar-refractivity contribution < 1.29 is 14.6 Å². The van der Waals surface area contributed by atoms with Crippen molar-refractivity contribution in [3.8, 4) is 0 Å². The molecule has 2 N–H and O–H groups in total. The highest BCUT2D eigenvalue weighted by Gasteiger charge is 2.17. The molecule has 5 nitrogen and oxygen atoms in total. The third-order valence-corrected chi connectivity index (χ3v) is 3.34. The van der Waals surface area contributed by atoms with Crippen LogP contribution in [-0.4, -0.2) is 21.8 Å². The first kappa shape index (κ1) is 17.9. The Labute approximate surface area is 142 Å². The summed E-state index contributed by atoms with van der Waals surface area (Å²) in [6.07, 6.45) is -0.487. The van der Waals surface area contributed by atoms with Crippen LogP contribution in [0.25, 0.3) is 0 Å². The summed E-state index contributed by atoms with van der Waals surface area (Å²) >= 11 is 0. The lowest BCUT2D eigenvalue weighted by molar-refractivity contribution is 0.0636. The molecule has 0 saturated heterocycles. The molecule has 1 aromatic heterocycles. The fraction of sp³-hybridized carbons (Fsp3) is 0.368. The Bertz CT molecular complexity index is 691. The maximum absolute atomic E-state index is 11.7. The SMILES string of the molecule is CCc1cccc(C(O)c2ccc(NC(=O)OC(C)(C)C)cc2)n1. The monoisotopic (exact) mass is 328 g/mol. The molecule has 0 aliphatic rings. The molecular weight excluding hydrogens is 304 g/mol. The predicted molar refractivity (Wildman–Crippen MR) is 94.0 cm³/mol. The van der Waals surface area contributed by atoms with Crippen LogP contribution >= 0.6 is 0 Å². The molecule has 24 heavy (non-hydrogen) atoms. The number of aliphatic hydroxyl groups excluding tert-OH is 1. The van der Waals surface area contributed by atoms with E-state index in [1.807, 2.05) is 39.8 Å². The van der Waals surface area contributed by atoms with E-state index in [0.717, 1.165) is 12.1 Å². The molecule has 0 bridgehead atoms. The van der Waals surface area contributed by atoms with Gasteiger partial charge >= 0.3 is 6.09 Å². The van der Waals surface area contributed by atoms with Crippen molar-refractivity contribution in [3.05, 3.63) is 59.4 Å². The van der Waals surface area contributed by atoms with E-state index in [1.165, 1.54) is 0 Å². The van der Waals surface area contributed by atoms with Crippen molar-refractivity contribution in [2.24, 2.45) is 0 Å². The Morgan fingerprint density at radius 3 is 2.46 bits per heavy atom. The lowest BCUT2D eigenvalue weighted by atomic mass is 10.1. The van der Waals surface area contributed by atoms with Crippen LogP contribution in [0.1, 0.15) is 50.8 Å². The zero-order chi connectivity index (χ0) is 17.7. The van der Waals surface area contributed by atoms with E-state index in [4.69, 9.17) is 4.74 Å². The van der Waals surface area contributed by atoms with Gasteiger partial charge in [-0.1, -0.05) is 25.1 Å². The molecule has 1 aromatic carbocycles. The van der Waals surface area contributed by atoms with Gasteiger partial charge in [0.2, 0.25) is 0 Å². The zero-order valence-electron chi connectivity index (χ0n) is 14.5. The Hall–Kier alpha value is -2.40. The Kier molecular flexibility index (Phi) is 5.57. The molecule has 2 rings (SSSR count). The molecule has 0 fully saturated rings. The number of amides is 1. The molecule has 5 heteroatoms. The number of carbonyl (C=O) groups excluding carboxylic acids is 1. The second-order valence-electron chi connectivity index (χ2n) is 6.56. The number of nitrogens with one attached hydrogen (secondary N) is 1. The number of nitrogens with zero attached hydrogens (tertiary/aromatic N) is 1. The molecule has 1 heterocycles. The third-order valence-electron chi connectivity index (χ3n) is 3.34. The molecule has 0 saturated carbocycles. The molecule has 0 radical (unpaired) electrons. The van der Waals surface area contributed by atoms with Gasteiger partial charge < -0.3 is 9.84 Å². The van der Waals surface area contributed by atoms with Gasteiger partial charge in [0.05, 0.1) is 5.69 Å². The lowest BCUT2D eigenvalue weighted by Gasteiger charge is -2.19. The molecule has 1 unspecified atom stereocenters. The number of pyridine rings is 1. The van der Waals surface area contributed by atoms with E-state index in [-0.39, 0.29) is 0 Å². The van der Waals surface area contributed by atoms with Crippen molar-refractivity contribution in [2.75, 3.05) is 5.32 Å². The van der Waals surface area contributed by atoms with Crippen LogP contribution in [0.5, 0.6) is 0 Å². The minimum Gasteiger partial charge on any atom is -0.444 e. The minimum absolute atomic E-state index is 0.506. The molecular formula is C19H24N2O3. The topological polar surface area (TPSA) is 71.5 Å². The van der Waals surface area contributed by atoms with Crippen molar-refractivity contribution >= 4 is 11.8 Å². The standard InChI is InChI=1S/C19H24N2O3/c1-5-14-7-6-8-16(20-14)17(22)13-9-11-15(12-10-13)21-18(23)24-19(2,3)4/h6-12,17,22H,5H2,1-4H3,(H,21,23). The van der Waals surface area contributed by atoms with Crippen LogP contribution in [0.2, 0.25) is 0 Å². The van der Waals surface area contributed by atoms with Gasteiger partial charge in [0, 0.05) is 11.4 Å². The molecule has 1 amide bonds. The predicted octanol–water partition coefficient (Wildman–Crippen LogP) is 4.07. The number of rotatable bonds is 4. The van der Waals surface area contributed by atoms with Crippen molar-refractivity contribution in [1.82, 2.24) is 4.98 Å². The molecule has 0 aliphatic heterocycles. The van der Waals surface area contributed by atoms with Gasteiger partial charge in [-0.05, 0) is 57.0 Å². The van der Waals surface area contributed by atoms with Crippen molar-refractivity contribution in [3.63, 3.8) is 0 Å². The fourth-order valence-electron chi connectivity index (χ4n) is 2.19. The first-order valence-corrected chi connectivity index (χ1v) is 8.02. The number of aryl methyl sites for hydroxylation is 1. The summed E-state index contributed by atoms with van der Waals surface area (Å²) in [5, 5.41) is 13.1. The van der Waals surface area contributed by atoms with Crippen LogP contribution in [0.4, 0.5) is 10.5 Å². The number of anilines is 1. The first-order chi connectivity index (χ1) is 11.3. The average Bonchev–Trinajstić information content (AvgIpc) is 2.53. The Morgan fingerprint density at radius 2 is 1.88 bits per heavy atom. The number of carbonyl (C=O) groups is 1. The summed E-state index contributed by atoms with van der Waals surface area (Å²) in [5.74, 6) is 0. The summed E-state index contributed by atoms with van der Waals surface area (Å²) in [5.41, 5.74) is 2.33. The van der Waals surface area contributed by atoms with E-state index >= 15 is 0 Å². The normalized spacial score (nSPS) is 12.5. The zero-order valence-corrected chi connectivity index (χ0v) is 14.5. The fourth-order valence-corrected chi connectivity index (χ4v) is 2.19. The molecule has 0 spiro atoms. The number of hydrogen-bond acceptors (Lipinski definition) is 4. The van der Waals surface area contributed by atoms with Gasteiger partial charge in [-0.15, -0.1) is 0 Å². The molecule has 128 valence electrons. The maximum atomic E-state index is 11.7. The minimum atomic E-state index is -0.799. The Morgan fingerprint density at radius 1 is 1.21 bits per heavy atom. The van der Waals surface area contributed by atoms with E-state index in [2.05, 4.69) is 10.3 Å². The van der Waals surface area contributed by atoms with Gasteiger partial charge in [0.15, 0.2) is 0 Å². The highest BCUT2D eigenvalue weighted by atomic mass is 16.6.